The Hall–Kier alpha value is -1.84. The summed E-state index contributed by atoms with van der Waals surface area (Å²) in [5.74, 6) is 0.305. The number of rotatable bonds is 4. The number of fused-ring (bicyclic) bond motifs is 2. The first kappa shape index (κ1) is 21.4. The Morgan fingerprint density at radius 3 is 2.47 bits per heavy atom. The lowest BCUT2D eigenvalue weighted by Gasteiger charge is -2.46. The maximum Gasteiger partial charge on any atom is 0.154 e. The van der Waals surface area contributed by atoms with Gasteiger partial charge in [0.25, 0.3) is 0 Å². The van der Waals surface area contributed by atoms with E-state index in [0.29, 0.717) is 21.5 Å². The summed E-state index contributed by atoms with van der Waals surface area (Å²) in [7, 11) is 0. The molecule has 0 radical (unpaired) electrons. The van der Waals surface area contributed by atoms with Crippen LogP contribution in [0.4, 0.5) is 0 Å². The summed E-state index contributed by atoms with van der Waals surface area (Å²) >= 11 is 12.2. The van der Waals surface area contributed by atoms with Gasteiger partial charge in [-0.15, -0.1) is 0 Å². The van der Waals surface area contributed by atoms with E-state index in [9.17, 15) is 9.59 Å². The first-order valence-corrected chi connectivity index (χ1v) is 11.2. The van der Waals surface area contributed by atoms with E-state index < -0.39 is 11.3 Å². The predicted octanol–water partition coefficient (Wildman–Crippen LogP) is 7.03. The summed E-state index contributed by atoms with van der Waals surface area (Å²) in [5.41, 5.74) is 0.967. The van der Waals surface area contributed by atoms with Crippen LogP contribution < -0.4 is 4.74 Å². The highest BCUT2D eigenvalue weighted by Crippen LogP contribution is 2.62. The van der Waals surface area contributed by atoms with Gasteiger partial charge < -0.3 is 4.74 Å². The average Bonchev–Trinajstić information content (AvgIpc) is 2.87. The predicted molar refractivity (Wildman–Crippen MR) is 120 cm³/mol. The molecule has 2 fully saturated rings. The number of ketones is 2. The topological polar surface area (TPSA) is 43.4 Å². The molecule has 2 saturated carbocycles. The minimum absolute atomic E-state index is 0.0441. The molecule has 2 aliphatic rings. The second kappa shape index (κ2) is 7.39. The minimum Gasteiger partial charge on any atom is -0.456 e. The van der Waals surface area contributed by atoms with Crippen molar-refractivity contribution >= 4 is 34.8 Å². The zero-order valence-electron chi connectivity index (χ0n) is 17.7. The zero-order valence-corrected chi connectivity index (χ0v) is 19.2. The Bertz CT molecular complexity index is 1040. The number of carbonyl (C=O) groups is 2. The number of Topliss-reactive ketones (excluding diaryl/α,β-unsaturated/α-hetero) is 2. The van der Waals surface area contributed by atoms with Crippen LogP contribution in [-0.2, 0) is 16.0 Å². The van der Waals surface area contributed by atoms with E-state index in [-0.39, 0.29) is 22.9 Å². The average molecular weight is 445 g/mol. The summed E-state index contributed by atoms with van der Waals surface area (Å²) < 4.78 is 5.99. The molecule has 2 bridgehead atoms. The molecule has 3 nitrogen and oxygen atoms in total. The molecule has 0 aromatic heterocycles. The summed E-state index contributed by atoms with van der Waals surface area (Å²) in [5, 5.41) is 0.930. The number of halogens is 2. The maximum atomic E-state index is 13.7. The first-order chi connectivity index (χ1) is 14.1. The Balaban J connectivity index is 1.76. The lowest BCUT2D eigenvalue weighted by atomic mass is 9.54. The van der Waals surface area contributed by atoms with Crippen molar-refractivity contribution in [1.82, 2.24) is 0 Å². The summed E-state index contributed by atoms with van der Waals surface area (Å²) in [6.07, 6.45) is 2.28. The van der Waals surface area contributed by atoms with Crippen molar-refractivity contribution in [3.8, 4) is 11.5 Å². The van der Waals surface area contributed by atoms with E-state index in [1.807, 2.05) is 32.0 Å². The molecule has 3 unspecified atom stereocenters. The molecule has 5 heteroatoms. The second-order valence-electron chi connectivity index (χ2n) is 9.24. The summed E-state index contributed by atoms with van der Waals surface area (Å²) in [4.78, 5) is 27.1. The quantitative estimate of drug-likeness (QED) is 0.475. The molecule has 2 aromatic carbocycles. The first-order valence-electron chi connectivity index (χ1n) is 10.4. The van der Waals surface area contributed by atoms with Gasteiger partial charge in [-0.2, -0.15) is 0 Å². The van der Waals surface area contributed by atoms with Crippen LogP contribution in [0.25, 0.3) is 0 Å². The molecule has 2 aliphatic carbocycles. The Labute approximate surface area is 187 Å². The molecule has 30 heavy (non-hydrogen) atoms. The fraction of sp³-hybridized carbons (Fsp3) is 0.440. The minimum atomic E-state index is -0.727. The zero-order chi connectivity index (χ0) is 21.8. The van der Waals surface area contributed by atoms with Crippen LogP contribution in [0, 0.1) is 16.7 Å². The third kappa shape index (κ3) is 3.09. The molecule has 158 valence electrons. The largest absolute Gasteiger partial charge is 0.456 e. The monoisotopic (exact) mass is 444 g/mol. The van der Waals surface area contributed by atoms with Crippen LogP contribution in [-0.4, -0.2) is 11.6 Å². The van der Waals surface area contributed by atoms with Gasteiger partial charge in [-0.1, -0.05) is 57.0 Å². The van der Waals surface area contributed by atoms with Gasteiger partial charge in [0.1, 0.15) is 17.4 Å². The van der Waals surface area contributed by atoms with Gasteiger partial charge in [-0.3, -0.25) is 9.59 Å². The smallest absolute Gasteiger partial charge is 0.154 e. The Morgan fingerprint density at radius 2 is 1.80 bits per heavy atom. The van der Waals surface area contributed by atoms with E-state index in [1.165, 1.54) is 0 Å². The summed E-state index contributed by atoms with van der Waals surface area (Å²) in [6, 6.07) is 10.7. The molecular formula is C25H26Cl2O3. The van der Waals surface area contributed by atoms with Gasteiger partial charge in [-0.05, 0) is 66.1 Å². The van der Waals surface area contributed by atoms with Crippen molar-refractivity contribution < 1.29 is 14.3 Å². The van der Waals surface area contributed by atoms with Crippen molar-refractivity contribution in [3.05, 3.63) is 57.6 Å². The SMILES string of the molecule is CCc1ccc(Oc2ccc(Cl)cc2Cl)cc1C1C(=O)C2CCC(C)(C1=O)C2(C)C. The van der Waals surface area contributed by atoms with Gasteiger partial charge in [0.2, 0.25) is 0 Å². The van der Waals surface area contributed by atoms with E-state index in [2.05, 4.69) is 13.8 Å². The Morgan fingerprint density at radius 1 is 1.07 bits per heavy atom. The van der Waals surface area contributed by atoms with Crippen LogP contribution in [0.3, 0.4) is 0 Å². The molecule has 3 atom stereocenters. The number of aryl methyl sites for hydroxylation is 1. The molecule has 0 aliphatic heterocycles. The second-order valence-corrected chi connectivity index (χ2v) is 10.1. The highest BCUT2D eigenvalue weighted by atomic mass is 35.5. The van der Waals surface area contributed by atoms with Crippen molar-refractivity contribution in [2.75, 3.05) is 0 Å². The number of ether oxygens (including phenoxy) is 1. The van der Waals surface area contributed by atoms with E-state index in [4.69, 9.17) is 27.9 Å². The van der Waals surface area contributed by atoms with Crippen LogP contribution in [0.15, 0.2) is 36.4 Å². The third-order valence-electron chi connectivity index (χ3n) is 7.59. The van der Waals surface area contributed by atoms with Crippen molar-refractivity contribution in [2.45, 2.75) is 52.9 Å². The van der Waals surface area contributed by atoms with Crippen molar-refractivity contribution in [3.63, 3.8) is 0 Å². The Kier molecular flexibility index (Phi) is 5.27. The molecule has 0 amide bonds. The molecule has 2 aromatic rings. The molecule has 4 rings (SSSR count). The fourth-order valence-corrected chi connectivity index (χ4v) is 5.74. The van der Waals surface area contributed by atoms with Crippen LogP contribution >= 0.6 is 23.2 Å². The van der Waals surface area contributed by atoms with E-state index in [1.54, 1.807) is 18.2 Å². The third-order valence-corrected chi connectivity index (χ3v) is 8.12. The van der Waals surface area contributed by atoms with E-state index >= 15 is 0 Å². The maximum absolute atomic E-state index is 13.7. The number of carbonyl (C=O) groups excluding carboxylic acids is 2. The number of hydrogen-bond donors (Lipinski definition) is 0. The van der Waals surface area contributed by atoms with Crippen molar-refractivity contribution in [2.24, 2.45) is 16.7 Å². The van der Waals surface area contributed by atoms with E-state index in [0.717, 1.165) is 30.4 Å². The standard InChI is InChI=1S/C25H26Cl2O3/c1-5-14-6-8-16(30-20-9-7-15(26)12-19(20)27)13-17(14)21-22(28)18-10-11-25(4,23(21)29)24(18,2)3/h6-9,12-13,18,21H,5,10-11H2,1-4H3. The molecule has 0 heterocycles. The molecular weight excluding hydrogens is 419 g/mol. The molecule has 0 saturated heterocycles. The summed E-state index contributed by atoms with van der Waals surface area (Å²) in [6.45, 7) is 8.21. The molecule has 0 spiro atoms. The van der Waals surface area contributed by atoms with Gasteiger partial charge in [0.05, 0.1) is 5.02 Å². The lowest BCUT2D eigenvalue weighted by Crippen LogP contribution is -2.52. The lowest BCUT2D eigenvalue weighted by molar-refractivity contribution is -0.149. The highest BCUT2D eigenvalue weighted by molar-refractivity contribution is 6.35. The molecule has 0 N–H and O–H groups in total. The van der Waals surface area contributed by atoms with Crippen LogP contribution in [0.5, 0.6) is 11.5 Å². The van der Waals surface area contributed by atoms with Gasteiger partial charge in [0, 0.05) is 16.4 Å². The van der Waals surface area contributed by atoms with Crippen LogP contribution in [0.2, 0.25) is 10.0 Å². The van der Waals surface area contributed by atoms with Gasteiger partial charge in [0.15, 0.2) is 11.6 Å². The van der Waals surface area contributed by atoms with Crippen molar-refractivity contribution in [1.29, 1.82) is 0 Å². The fourth-order valence-electron chi connectivity index (χ4n) is 5.29. The normalized spacial score (nSPS) is 27.4. The van der Waals surface area contributed by atoms with Gasteiger partial charge in [-0.25, -0.2) is 0 Å². The van der Waals surface area contributed by atoms with Gasteiger partial charge >= 0.3 is 0 Å². The number of benzene rings is 2. The number of hydrogen-bond acceptors (Lipinski definition) is 3. The van der Waals surface area contributed by atoms with Crippen LogP contribution in [0.1, 0.15) is 57.6 Å². The highest BCUT2D eigenvalue weighted by Gasteiger charge is 2.64.